The molecule has 0 aliphatic carbocycles. The van der Waals surface area contributed by atoms with Crippen molar-refractivity contribution in [3.05, 3.63) is 72.8 Å². The van der Waals surface area contributed by atoms with Crippen molar-refractivity contribution < 1.29 is 18.4 Å². The molecular weight excluding hydrogens is 688 g/mol. The van der Waals surface area contributed by atoms with Gasteiger partial charge in [0, 0.05) is 74.5 Å². The second-order valence-corrected chi connectivity index (χ2v) is 8.64. The Morgan fingerprint density at radius 1 is 0.385 bits per heavy atom. The molecule has 0 atom stereocenters. The first-order valence-corrected chi connectivity index (χ1v) is 13.8. The molecule has 0 saturated carbocycles. The maximum absolute atomic E-state index is 5.86. The van der Waals surface area contributed by atoms with Gasteiger partial charge < -0.3 is 18.4 Å². The Morgan fingerprint density at radius 3 is 1.00 bits per heavy atom. The molecule has 0 aliphatic heterocycles. The van der Waals surface area contributed by atoms with Gasteiger partial charge in [0.25, 0.3) is 0 Å². The molecule has 28 nitrogen and oxygen atoms in total. The lowest BCUT2D eigenvalue weighted by atomic mass is 10.1. The van der Waals surface area contributed by atoms with E-state index in [0.717, 1.165) is 16.9 Å². The lowest BCUT2D eigenvalue weighted by molar-refractivity contribution is 0.304. The van der Waals surface area contributed by atoms with Crippen molar-refractivity contribution in [2.45, 2.75) is 0 Å². The van der Waals surface area contributed by atoms with E-state index in [1.807, 2.05) is 48.5 Å². The third kappa shape index (κ3) is 10.8. The number of benzene rings is 3. The van der Waals surface area contributed by atoms with E-state index in [2.05, 4.69) is 125 Å². The van der Waals surface area contributed by atoms with Crippen molar-refractivity contribution in [1.29, 1.82) is 0 Å². The summed E-state index contributed by atoms with van der Waals surface area (Å²) in [4.78, 5) is 5.10. The minimum Gasteiger partial charge on any atom is -0.497 e. The summed E-state index contributed by atoms with van der Waals surface area (Å²) in [6.07, 6.45) is 0. The van der Waals surface area contributed by atoms with Crippen LogP contribution in [0.5, 0.6) is 11.5 Å². The standard InChI is InChI=1S/C24H18N24O4/c1-25-30-31-32-33-34-35-36-37-38-39-40-41-42-43-44-45-46-47-48-52-20-13-9-18(10-14-20)24-29-27-22(51-24)16-5-3-15(4-6-16)21-26-28-23(50-21)17-7-11-19(49-2)12-8-17/h3-14H,1-2H3. The second kappa shape index (κ2) is 19.4. The first kappa shape index (κ1) is 34.9. The Morgan fingerprint density at radius 2 is 0.673 bits per heavy atom. The number of aromatic nitrogens is 4. The molecule has 0 saturated heterocycles. The molecule has 0 N–H and O–H groups in total. The van der Waals surface area contributed by atoms with E-state index in [1.165, 1.54) is 7.05 Å². The smallest absolute Gasteiger partial charge is 0.248 e. The number of nitrogens with zero attached hydrogens (tertiary/aromatic N) is 24. The van der Waals surface area contributed by atoms with Crippen LogP contribution in [0.1, 0.15) is 0 Å². The fourth-order valence-corrected chi connectivity index (χ4v) is 3.47. The second-order valence-electron chi connectivity index (χ2n) is 8.64. The van der Waals surface area contributed by atoms with Gasteiger partial charge in [0.05, 0.1) is 19.4 Å². The van der Waals surface area contributed by atoms with Gasteiger partial charge in [0.1, 0.15) is 5.75 Å². The summed E-state index contributed by atoms with van der Waals surface area (Å²) in [6.45, 7) is 0. The highest BCUT2D eigenvalue weighted by atomic mass is 16.6. The van der Waals surface area contributed by atoms with Crippen LogP contribution in [0.2, 0.25) is 0 Å². The Kier molecular flexibility index (Phi) is 13.0. The van der Waals surface area contributed by atoms with E-state index in [4.69, 9.17) is 18.4 Å². The van der Waals surface area contributed by atoms with Gasteiger partial charge in [0.15, 0.2) is 5.75 Å². The van der Waals surface area contributed by atoms with Crippen LogP contribution in [0.4, 0.5) is 0 Å². The van der Waals surface area contributed by atoms with Crippen molar-refractivity contribution >= 4 is 0 Å². The van der Waals surface area contributed by atoms with Crippen molar-refractivity contribution in [3.63, 3.8) is 0 Å². The van der Waals surface area contributed by atoms with Gasteiger partial charge in [-0.05, 0) is 115 Å². The van der Waals surface area contributed by atoms with Crippen LogP contribution in [-0.4, -0.2) is 34.6 Å². The minimum absolute atomic E-state index is 0.290. The Hall–Kier alpha value is -8.46. The van der Waals surface area contributed by atoms with E-state index in [0.29, 0.717) is 34.5 Å². The maximum Gasteiger partial charge on any atom is 0.248 e. The summed E-state index contributed by atoms with van der Waals surface area (Å²) < 4.78 is 16.9. The van der Waals surface area contributed by atoms with Crippen LogP contribution in [0.3, 0.4) is 0 Å². The summed E-state index contributed by atoms with van der Waals surface area (Å²) in [5.41, 5.74) is 2.83. The number of hydrogen-bond donors (Lipinski definition) is 0. The van der Waals surface area contributed by atoms with Crippen LogP contribution in [-0.2, 0) is 0 Å². The van der Waals surface area contributed by atoms with E-state index >= 15 is 0 Å². The van der Waals surface area contributed by atoms with Gasteiger partial charge in [-0.1, -0.05) is 0 Å². The maximum atomic E-state index is 5.86. The minimum atomic E-state index is 0.290. The van der Waals surface area contributed by atoms with E-state index in [9.17, 15) is 0 Å². The molecule has 0 unspecified atom stereocenters. The molecule has 28 heteroatoms. The zero-order valence-corrected chi connectivity index (χ0v) is 26.3. The molecule has 2 heterocycles. The predicted molar refractivity (Wildman–Crippen MR) is 166 cm³/mol. The molecule has 5 aromatic rings. The van der Waals surface area contributed by atoms with Crippen LogP contribution < -0.4 is 9.57 Å². The molecule has 3 aromatic carbocycles. The topological polar surface area (TPSA) is 344 Å². The molecule has 0 fully saturated rings. The molecule has 0 radical (unpaired) electrons. The molecule has 0 bridgehead atoms. The third-order valence-electron chi connectivity index (χ3n) is 5.62. The van der Waals surface area contributed by atoms with Gasteiger partial charge in [0.2, 0.25) is 23.6 Å². The summed E-state index contributed by atoms with van der Waals surface area (Å²) in [6, 6.07) is 21.2. The van der Waals surface area contributed by atoms with Crippen molar-refractivity contribution in [1.82, 2.24) is 20.4 Å². The number of ether oxygens (including phenoxy) is 1. The number of methoxy groups -OCH3 is 1. The highest BCUT2D eigenvalue weighted by Gasteiger charge is 2.14. The summed E-state index contributed by atoms with van der Waals surface area (Å²) in [5.74, 6) is 2.43. The lowest BCUT2D eigenvalue weighted by Gasteiger charge is -2.00. The number of rotatable bonds is 16. The van der Waals surface area contributed by atoms with Gasteiger partial charge in [-0.3, -0.25) is 0 Å². The molecule has 0 spiro atoms. The van der Waals surface area contributed by atoms with Crippen molar-refractivity contribution in [3.8, 4) is 57.3 Å². The molecule has 52 heavy (non-hydrogen) atoms. The lowest BCUT2D eigenvalue weighted by Crippen LogP contribution is -1.82. The average Bonchev–Trinajstić information content (AvgIpc) is 3.89. The fraction of sp³-hybridized carbons (Fsp3) is 0.0833. The van der Waals surface area contributed by atoms with Gasteiger partial charge in [-0.15, -0.1) is 20.4 Å². The molecule has 5 rings (SSSR count). The van der Waals surface area contributed by atoms with Crippen molar-refractivity contribution in [2.24, 2.45) is 104 Å². The van der Waals surface area contributed by atoms with Gasteiger partial charge in [-0.2, -0.15) is 5.11 Å². The van der Waals surface area contributed by atoms with Gasteiger partial charge >= 0.3 is 0 Å². The highest BCUT2D eigenvalue weighted by Crippen LogP contribution is 2.29. The summed E-state index contributed by atoms with van der Waals surface area (Å²) >= 11 is 0. The quantitative estimate of drug-likeness (QED) is 0.0702. The average molecular weight is 707 g/mol. The van der Waals surface area contributed by atoms with Crippen molar-refractivity contribution in [2.75, 3.05) is 14.2 Å². The third-order valence-corrected chi connectivity index (χ3v) is 5.62. The first-order valence-electron chi connectivity index (χ1n) is 13.8. The van der Waals surface area contributed by atoms with Crippen LogP contribution >= 0.6 is 0 Å². The van der Waals surface area contributed by atoms with E-state index in [-0.39, 0.29) is 5.89 Å². The largest absolute Gasteiger partial charge is 0.497 e. The predicted octanol–water partition coefficient (Wildman–Crippen LogP) is 8.81. The van der Waals surface area contributed by atoms with Crippen LogP contribution in [0.15, 0.2) is 186 Å². The molecule has 0 amide bonds. The normalized spacial score (nSPS) is 12.8. The Labute approximate surface area is 287 Å². The molecule has 0 aliphatic rings. The zero-order chi connectivity index (χ0) is 36.1. The Bertz CT molecular complexity index is 2160. The summed E-state index contributed by atoms with van der Waals surface area (Å²) in [7, 11) is 2.99. The fourth-order valence-electron chi connectivity index (χ4n) is 3.47. The monoisotopic (exact) mass is 706 g/mol. The molecule has 258 valence electrons. The summed E-state index contributed by atoms with van der Waals surface area (Å²) in [5, 5.41) is 79.3. The van der Waals surface area contributed by atoms with E-state index < -0.39 is 0 Å². The first-order chi connectivity index (χ1) is 25.7. The van der Waals surface area contributed by atoms with E-state index in [1.54, 1.807) is 31.4 Å². The zero-order valence-electron chi connectivity index (χ0n) is 26.3. The highest BCUT2D eigenvalue weighted by molar-refractivity contribution is 5.64. The number of hydrogen-bond acceptors (Lipinski definition) is 10. The van der Waals surface area contributed by atoms with Crippen LogP contribution in [0.25, 0.3) is 45.8 Å². The van der Waals surface area contributed by atoms with Gasteiger partial charge in [-0.25, -0.2) is 0 Å². The Balaban J connectivity index is 1.03. The molecule has 2 aromatic heterocycles. The van der Waals surface area contributed by atoms with Crippen LogP contribution in [0, 0.1) is 0 Å². The molecular formula is C24H18N24O4. The SMILES string of the molecule is CN=NN=NN=NN=NN=NN=NN=NN=NN=NN=NOc1ccc(-c2nnc(-c3ccc(-c4nnc(-c5ccc(OC)cc5)o4)cc3)o2)cc1.